The Balaban J connectivity index is 2.06. The fourth-order valence-corrected chi connectivity index (χ4v) is 1.53. The fraction of sp³-hybridized carbons (Fsp3) is 0.231. The van der Waals surface area contributed by atoms with Crippen molar-refractivity contribution in [2.75, 3.05) is 0 Å². The molecule has 4 nitrogen and oxygen atoms in total. The van der Waals surface area contributed by atoms with E-state index in [-0.39, 0.29) is 0 Å². The first-order valence-electron chi connectivity index (χ1n) is 5.49. The number of ether oxygens (including phenoxy) is 1. The maximum Gasteiger partial charge on any atom is 0.166 e. The van der Waals surface area contributed by atoms with Gasteiger partial charge in [0.15, 0.2) is 5.82 Å². The molecule has 0 atom stereocenters. The van der Waals surface area contributed by atoms with Gasteiger partial charge in [-0.2, -0.15) is 0 Å². The van der Waals surface area contributed by atoms with Crippen molar-refractivity contribution >= 4 is 0 Å². The molecule has 2 N–H and O–H groups in total. The zero-order valence-corrected chi connectivity index (χ0v) is 9.76. The Morgan fingerprint density at radius 2 is 1.94 bits per heavy atom. The molecule has 0 saturated carbocycles. The topological polar surface area (TPSA) is 61.0 Å². The second-order valence-corrected chi connectivity index (χ2v) is 3.72. The molecule has 0 radical (unpaired) electrons. The lowest BCUT2D eigenvalue weighted by molar-refractivity contribution is 0.295. The van der Waals surface area contributed by atoms with E-state index in [1.54, 1.807) is 0 Å². The van der Waals surface area contributed by atoms with Gasteiger partial charge in [-0.3, -0.25) is 0 Å². The van der Waals surface area contributed by atoms with Crippen LogP contribution in [0.5, 0.6) is 5.75 Å². The molecule has 1 aromatic carbocycles. The molecule has 0 bridgehead atoms. The van der Waals surface area contributed by atoms with Crippen molar-refractivity contribution in [3.8, 4) is 5.75 Å². The molecule has 0 aliphatic rings. The van der Waals surface area contributed by atoms with Crippen molar-refractivity contribution in [1.29, 1.82) is 0 Å². The van der Waals surface area contributed by atoms with Gasteiger partial charge in [0.25, 0.3) is 0 Å². The molecule has 2 rings (SSSR count). The van der Waals surface area contributed by atoms with Crippen LogP contribution in [0.4, 0.5) is 0 Å². The third kappa shape index (κ3) is 3.26. The predicted molar refractivity (Wildman–Crippen MR) is 65.4 cm³/mol. The van der Waals surface area contributed by atoms with E-state index >= 15 is 0 Å². The predicted octanol–water partition coefficient (Wildman–Crippen LogP) is 1.82. The first-order valence-corrected chi connectivity index (χ1v) is 5.49. The number of hydrogen-bond donors (Lipinski definition) is 1. The maximum absolute atomic E-state index is 5.58. The summed E-state index contributed by atoms with van der Waals surface area (Å²) in [4.78, 5) is 8.61. The third-order valence-corrected chi connectivity index (χ3v) is 2.27. The lowest BCUT2D eigenvalue weighted by atomic mass is 10.3. The van der Waals surface area contributed by atoms with E-state index in [1.807, 2.05) is 43.3 Å². The van der Waals surface area contributed by atoms with Crippen molar-refractivity contribution in [2.45, 2.75) is 20.1 Å². The highest BCUT2D eigenvalue weighted by molar-refractivity contribution is 5.21. The average Bonchev–Trinajstić information content (AvgIpc) is 2.37. The van der Waals surface area contributed by atoms with Gasteiger partial charge in [0.2, 0.25) is 0 Å². The van der Waals surface area contributed by atoms with Gasteiger partial charge in [0.05, 0.1) is 5.69 Å². The van der Waals surface area contributed by atoms with Crippen molar-refractivity contribution in [1.82, 2.24) is 9.97 Å². The first-order chi connectivity index (χ1) is 8.28. The highest BCUT2D eigenvalue weighted by Crippen LogP contribution is 2.10. The fourth-order valence-electron chi connectivity index (χ4n) is 1.53. The lowest BCUT2D eigenvalue weighted by Crippen LogP contribution is -2.08. The highest BCUT2D eigenvalue weighted by Gasteiger charge is 2.02. The smallest absolute Gasteiger partial charge is 0.166 e. The number of nitrogens with zero attached hydrogens (tertiary/aromatic N) is 2. The van der Waals surface area contributed by atoms with Crippen molar-refractivity contribution in [3.63, 3.8) is 0 Å². The number of aromatic nitrogens is 2. The Labute approximate surface area is 100 Å². The molecule has 0 unspecified atom stereocenters. The van der Waals surface area contributed by atoms with Crippen LogP contribution in [0.15, 0.2) is 36.4 Å². The van der Waals surface area contributed by atoms with Crippen LogP contribution in [-0.4, -0.2) is 9.97 Å². The summed E-state index contributed by atoms with van der Waals surface area (Å²) in [5, 5.41) is 0. The molecule has 0 aliphatic carbocycles. The monoisotopic (exact) mass is 229 g/mol. The zero-order chi connectivity index (χ0) is 12.1. The van der Waals surface area contributed by atoms with Crippen molar-refractivity contribution in [2.24, 2.45) is 5.73 Å². The van der Waals surface area contributed by atoms with Crippen molar-refractivity contribution < 1.29 is 4.74 Å². The Morgan fingerprint density at radius 3 is 2.65 bits per heavy atom. The zero-order valence-electron chi connectivity index (χ0n) is 9.76. The molecule has 0 saturated heterocycles. The summed E-state index contributed by atoms with van der Waals surface area (Å²) >= 11 is 0. The van der Waals surface area contributed by atoms with Crippen LogP contribution >= 0.6 is 0 Å². The normalized spacial score (nSPS) is 10.2. The molecule has 0 fully saturated rings. The van der Waals surface area contributed by atoms with E-state index in [0.717, 1.165) is 17.1 Å². The Kier molecular flexibility index (Phi) is 3.67. The number of aryl methyl sites for hydroxylation is 1. The minimum absolute atomic E-state index is 0.360. The second kappa shape index (κ2) is 5.41. The van der Waals surface area contributed by atoms with Crippen LogP contribution in [-0.2, 0) is 13.2 Å². The van der Waals surface area contributed by atoms with E-state index in [2.05, 4.69) is 9.97 Å². The Morgan fingerprint density at radius 1 is 1.18 bits per heavy atom. The van der Waals surface area contributed by atoms with Crippen LogP contribution in [0, 0.1) is 6.92 Å². The third-order valence-electron chi connectivity index (χ3n) is 2.27. The number of hydrogen-bond acceptors (Lipinski definition) is 4. The maximum atomic E-state index is 5.58. The minimum Gasteiger partial charge on any atom is -0.486 e. The SMILES string of the molecule is Cc1cc(CN)nc(COc2ccccc2)n1. The molecular weight excluding hydrogens is 214 g/mol. The molecule has 0 amide bonds. The molecule has 0 aliphatic heterocycles. The quantitative estimate of drug-likeness (QED) is 0.868. The Hall–Kier alpha value is -1.94. The summed E-state index contributed by atoms with van der Waals surface area (Å²) in [7, 11) is 0. The van der Waals surface area contributed by atoms with Crippen molar-refractivity contribution in [3.05, 3.63) is 53.6 Å². The summed E-state index contributed by atoms with van der Waals surface area (Å²) in [6, 6.07) is 11.5. The molecule has 1 heterocycles. The second-order valence-electron chi connectivity index (χ2n) is 3.72. The summed E-state index contributed by atoms with van der Waals surface area (Å²) in [6.45, 7) is 2.70. The minimum atomic E-state index is 0.360. The summed E-state index contributed by atoms with van der Waals surface area (Å²) < 4.78 is 5.58. The number of rotatable bonds is 4. The lowest BCUT2D eigenvalue weighted by Gasteiger charge is -2.06. The largest absolute Gasteiger partial charge is 0.486 e. The molecule has 4 heteroatoms. The summed E-state index contributed by atoms with van der Waals surface area (Å²) in [5.41, 5.74) is 7.31. The average molecular weight is 229 g/mol. The summed E-state index contributed by atoms with van der Waals surface area (Å²) in [6.07, 6.45) is 0. The van der Waals surface area contributed by atoms with Gasteiger partial charge in [-0.05, 0) is 25.1 Å². The number of nitrogens with two attached hydrogens (primary N) is 1. The molecule has 1 aromatic heterocycles. The van der Waals surface area contributed by atoms with E-state index < -0.39 is 0 Å². The van der Waals surface area contributed by atoms with Gasteiger partial charge in [-0.1, -0.05) is 18.2 Å². The number of para-hydroxylation sites is 1. The van der Waals surface area contributed by atoms with Crippen LogP contribution in [0.2, 0.25) is 0 Å². The Bertz CT molecular complexity index is 485. The summed E-state index contributed by atoms with van der Waals surface area (Å²) in [5.74, 6) is 1.47. The van der Waals surface area contributed by atoms with Gasteiger partial charge >= 0.3 is 0 Å². The van der Waals surface area contributed by atoms with Crippen LogP contribution in [0.1, 0.15) is 17.2 Å². The first kappa shape index (κ1) is 11.5. The van der Waals surface area contributed by atoms with Gasteiger partial charge in [-0.25, -0.2) is 9.97 Å². The standard InChI is InChI=1S/C13H15N3O/c1-10-7-11(8-14)16-13(15-10)9-17-12-5-3-2-4-6-12/h2-7H,8-9,14H2,1H3. The molecule has 0 spiro atoms. The highest BCUT2D eigenvalue weighted by atomic mass is 16.5. The van der Waals surface area contributed by atoms with Gasteiger partial charge < -0.3 is 10.5 Å². The molecular formula is C13H15N3O. The van der Waals surface area contributed by atoms with Crippen LogP contribution in [0.25, 0.3) is 0 Å². The van der Waals surface area contributed by atoms with E-state index in [4.69, 9.17) is 10.5 Å². The van der Waals surface area contributed by atoms with Gasteiger partial charge in [0.1, 0.15) is 12.4 Å². The van der Waals surface area contributed by atoms with Crippen LogP contribution < -0.4 is 10.5 Å². The molecule has 2 aromatic rings. The van der Waals surface area contributed by atoms with E-state index in [0.29, 0.717) is 19.0 Å². The van der Waals surface area contributed by atoms with E-state index in [1.165, 1.54) is 0 Å². The van der Waals surface area contributed by atoms with E-state index in [9.17, 15) is 0 Å². The van der Waals surface area contributed by atoms with Gasteiger partial charge in [-0.15, -0.1) is 0 Å². The van der Waals surface area contributed by atoms with Crippen LogP contribution in [0.3, 0.4) is 0 Å². The number of benzene rings is 1. The molecule has 88 valence electrons. The van der Waals surface area contributed by atoms with Gasteiger partial charge in [0, 0.05) is 12.2 Å². The molecule has 17 heavy (non-hydrogen) atoms.